The molecule has 1 aliphatic rings. The van der Waals surface area contributed by atoms with Crippen LogP contribution in [0.1, 0.15) is 59.6 Å². The highest BCUT2D eigenvalue weighted by atomic mass is 16.2. The van der Waals surface area contributed by atoms with E-state index in [9.17, 15) is 9.59 Å². The van der Waals surface area contributed by atoms with Crippen LogP contribution in [-0.2, 0) is 4.79 Å². The van der Waals surface area contributed by atoms with E-state index in [-0.39, 0.29) is 11.7 Å². The van der Waals surface area contributed by atoms with Crippen molar-refractivity contribution in [3.8, 4) is 11.1 Å². The normalized spacial score (nSPS) is 14.0. The second-order valence-electron chi connectivity index (χ2n) is 8.86. The summed E-state index contributed by atoms with van der Waals surface area (Å²) in [5.74, 6) is 0.0321. The minimum atomic E-state index is -0.126. The van der Waals surface area contributed by atoms with E-state index in [4.69, 9.17) is 0 Å². The van der Waals surface area contributed by atoms with Crippen LogP contribution in [0.4, 0.5) is 5.69 Å². The second-order valence-corrected chi connectivity index (χ2v) is 8.86. The first kappa shape index (κ1) is 23.7. The molecule has 0 spiro atoms. The SMILES string of the molecule is CCN(CC)CCCC(=O)c1c(C)[nH]c(/C=C2\C(=O)Nc3ccc(-c4ccccc4)cc32)c1C. The molecule has 1 aliphatic heterocycles. The van der Waals surface area contributed by atoms with Gasteiger partial charge in [0.15, 0.2) is 5.78 Å². The third kappa shape index (κ3) is 4.75. The molecule has 1 aromatic heterocycles. The maximum Gasteiger partial charge on any atom is 0.256 e. The van der Waals surface area contributed by atoms with Gasteiger partial charge in [0.2, 0.25) is 0 Å². The Bertz CT molecular complexity index is 1230. The van der Waals surface area contributed by atoms with Gasteiger partial charge in [-0.05, 0) is 74.8 Å². The summed E-state index contributed by atoms with van der Waals surface area (Å²) in [6.07, 6.45) is 3.25. The van der Waals surface area contributed by atoms with Gasteiger partial charge in [0.1, 0.15) is 0 Å². The summed E-state index contributed by atoms with van der Waals surface area (Å²) in [6.45, 7) is 11.1. The summed E-state index contributed by atoms with van der Waals surface area (Å²) in [5.41, 5.74) is 7.79. The van der Waals surface area contributed by atoms with Crippen LogP contribution in [0.15, 0.2) is 48.5 Å². The van der Waals surface area contributed by atoms with E-state index in [2.05, 4.69) is 47.2 Å². The van der Waals surface area contributed by atoms with Crippen LogP contribution in [-0.4, -0.2) is 41.2 Å². The quantitative estimate of drug-likeness (QED) is 0.303. The molecule has 0 radical (unpaired) electrons. The fourth-order valence-corrected chi connectivity index (χ4v) is 4.75. The Morgan fingerprint density at radius 2 is 1.74 bits per heavy atom. The van der Waals surface area contributed by atoms with Crippen molar-refractivity contribution < 1.29 is 9.59 Å². The number of aryl methyl sites for hydroxylation is 1. The number of aromatic nitrogens is 1. The van der Waals surface area contributed by atoms with Gasteiger partial charge in [-0.25, -0.2) is 0 Å². The molecule has 0 fully saturated rings. The Balaban J connectivity index is 1.61. The van der Waals surface area contributed by atoms with E-state index in [1.54, 1.807) is 0 Å². The number of benzene rings is 2. The fourth-order valence-electron chi connectivity index (χ4n) is 4.75. The van der Waals surface area contributed by atoms with E-state index in [0.717, 1.165) is 70.9 Å². The zero-order chi connectivity index (χ0) is 24.2. The van der Waals surface area contributed by atoms with Crippen molar-refractivity contribution in [1.29, 1.82) is 0 Å². The lowest BCUT2D eigenvalue weighted by molar-refractivity contribution is -0.110. The predicted octanol–water partition coefficient (Wildman–Crippen LogP) is 6.10. The van der Waals surface area contributed by atoms with E-state index in [1.807, 2.05) is 50.3 Å². The number of amides is 1. The van der Waals surface area contributed by atoms with Crippen molar-refractivity contribution in [2.24, 2.45) is 0 Å². The molecule has 3 aromatic rings. The number of hydrogen-bond donors (Lipinski definition) is 2. The molecule has 0 aliphatic carbocycles. The number of hydrogen-bond acceptors (Lipinski definition) is 3. The van der Waals surface area contributed by atoms with Crippen molar-refractivity contribution in [2.75, 3.05) is 25.0 Å². The Labute approximate surface area is 201 Å². The zero-order valence-corrected chi connectivity index (χ0v) is 20.5. The van der Waals surface area contributed by atoms with Crippen LogP contribution in [0.25, 0.3) is 22.8 Å². The number of nitrogens with one attached hydrogen (secondary N) is 2. The molecule has 2 N–H and O–H groups in total. The third-order valence-electron chi connectivity index (χ3n) is 6.73. The monoisotopic (exact) mass is 455 g/mol. The third-order valence-corrected chi connectivity index (χ3v) is 6.73. The molecule has 0 unspecified atom stereocenters. The van der Waals surface area contributed by atoms with E-state index >= 15 is 0 Å². The maximum absolute atomic E-state index is 13.0. The van der Waals surface area contributed by atoms with Gasteiger partial charge >= 0.3 is 0 Å². The number of H-pyrrole nitrogens is 1. The van der Waals surface area contributed by atoms with E-state index in [1.165, 1.54) is 0 Å². The van der Waals surface area contributed by atoms with Gasteiger partial charge in [-0.1, -0.05) is 50.2 Å². The van der Waals surface area contributed by atoms with Crippen LogP contribution in [0.2, 0.25) is 0 Å². The number of Topliss-reactive ketones (excluding diaryl/α,β-unsaturated/α-hetero) is 1. The Morgan fingerprint density at radius 3 is 2.44 bits per heavy atom. The van der Waals surface area contributed by atoms with Gasteiger partial charge in [-0.2, -0.15) is 0 Å². The average Bonchev–Trinajstić information content (AvgIpc) is 3.31. The Kier molecular flexibility index (Phi) is 7.13. The molecule has 0 saturated carbocycles. The van der Waals surface area contributed by atoms with Crippen LogP contribution in [0.5, 0.6) is 0 Å². The molecule has 4 rings (SSSR count). The standard InChI is InChI=1S/C29H33N3O2/c1-5-32(6-2)16-10-13-27(33)28-19(3)26(30-20(28)4)18-24-23-17-22(21-11-8-7-9-12-21)14-15-25(23)31-29(24)34/h7-9,11-12,14-15,17-18,30H,5-6,10,13,16H2,1-4H3,(H,31,34)/b24-18-. The number of anilines is 1. The van der Waals surface area contributed by atoms with Gasteiger partial charge in [-0.3, -0.25) is 9.59 Å². The molecular weight excluding hydrogens is 422 g/mol. The smallest absolute Gasteiger partial charge is 0.256 e. The molecule has 2 heterocycles. The Morgan fingerprint density at radius 1 is 1.00 bits per heavy atom. The summed E-state index contributed by atoms with van der Waals surface area (Å²) in [4.78, 5) is 31.5. The summed E-state index contributed by atoms with van der Waals surface area (Å²) >= 11 is 0. The number of carbonyl (C=O) groups is 2. The number of aromatic amines is 1. The molecular formula is C29H33N3O2. The van der Waals surface area contributed by atoms with Gasteiger partial charge in [-0.15, -0.1) is 0 Å². The van der Waals surface area contributed by atoms with Crippen LogP contribution < -0.4 is 5.32 Å². The molecule has 2 aromatic carbocycles. The molecule has 34 heavy (non-hydrogen) atoms. The number of carbonyl (C=O) groups excluding carboxylic acids is 2. The first-order valence-corrected chi connectivity index (χ1v) is 12.1. The molecule has 176 valence electrons. The largest absolute Gasteiger partial charge is 0.358 e. The highest BCUT2D eigenvalue weighted by molar-refractivity contribution is 6.35. The van der Waals surface area contributed by atoms with Crippen molar-refractivity contribution in [3.05, 3.63) is 76.6 Å². The second kappa shape index (κ2) is 10.2. The van der Waals surface area contributed by atoms with Crippen molar-refractivity contribution in [1.82, 2.24) is 9.88 Å². The van der Waals surface area contributed by atoms with Crippen molar-refractivity contribution in [3.63, 3.8) is 0 Å². The van der Waals surface area contributed by atoms with Crippen LogP contribution in [0.3, 0.4) is 0 Å². The van der Waals surface area contributed by atoms with Crippen LogP contribution >= 0.6 is 0 Å². The summed E-state index contributed by atoms with van der Waals surface area (Å²) in [5, 5.41) is 2.97. The molecule has 1 amide bonds. The van der Waals surface area contributed by atoms with Crippen molar-refractivity contribution >= 4 is 29.0 Å². The van der Waals surface area contributed by atoms with E-state index < -0.39 is 0 Å². The minimum absolute atomic E-state index is 0.126. The minimum Gasteiger partial charge on any atom is -0.358 e. The topological polar surface area (TPSA) is 65.2 Å². The Hall–Kier alpha value is -3.44. The molecule has 5 heteroatoms. The number of rotatable bonds is 9. The van der Waals surface area contributed by atoms with Gasteiger partial charge in [0.25, 0.3) is 5.91 Å². The van der Waals surface area contributed by atoms with Gasteiger partial charge in [0, 0.05) is 34.6 Å². The van der Waals surface area contributed by atoms with Crippen LogP contribution in [0, 0.1) is 13.8 Å². The fraction of sp³-hybridized carbons (Fsp3) is 0.310. The molecule has 0 bridgehead atoms. The lowest BCUT2D eigenvalue weighted by Crippen LogP contribution is -2.24. The lowest BCUT2D eigenvalue weighted by atomic mass is 9.98. The summed E-state index contributed by atoms with van der Waals surface area (Å²) < 4.78 is 0. The van der Waals surface area contributed by atoms with Crippen molar-refractivity contribution in [2.45, 2.75) is 40.5 Å². The highest BCUT2D eigenvalue weighted by Crippen LogP contribution is 2.37. The van der Waals surface area contributed by atoms with Gasteiger partial charge in [0.05, 0.1) is 5.57 Å². The number of ketones is 1. The first-order valence-electron chi connectivity index (χ1n) is 12.1. The highest BCUT2D eigenvalue weighted by Gasteiger charge is 2.26. The first-order chi connectivity index (χ1) is 16.4. The lowest BCUT2D eigenvalue weighted by Gasteiger charge is -2.17. The summed E-state index contributed by atoms with van der Waals surface area (Å²) in [6, 6.07) is 16.2. The van der Waals surface area contributed by atoms with E-state index in [0.29, 0.717) is 12.0 Å². The zero-order valence-electron chi connectivity index (χ0n) is 20.5. The molecule has 5 nitrogen and oxygen atoms in total. The predicted molar refractivity (Wildman–Crippen MR) is 140 cm³/mol. The average molecular weight is 456 g/mol. The molecule has 0 atom stereocenters. The summed E-state index contributed by atoms with van der Waals surface area (Å²) in [7, 11) is 0. The number of fused-ring (bicyclic) bond motifs is 1. The molecule has 0 saturated heterocycles. The maximum atomic E-state index is 13.0. The van der Waals surface area contributed by atoms with Gasteiger partial charge < -0.3 is 15.2 Å². The number of nitrogens with zero attached hydrogens (tertiary/aromatic N) is 1.